The highest BCUT2D eigenvalue weighted by Crippen LogP contribution is 2.36. The van der Waals surface area contributed by atoms with Gasteiger partial charge in [-0.05, 0) is 35.1 Å². The van der Waals surface area contributed by atoms with E-state index in [2.05, 4.69) is 10.2 Å². The van der Waals surface area contributed by atoms with Gasteiger partial charge in [-0.1, -0.05) is 29.8 Å². The average molecular weight is 348 g/mol. The van der Waals surface area contributed by atoms with Crippen molar-refractivity contribution in [1.29, 1.82) is 0 Å². The molecule has 0 aliphatic carbocycles. The van der Waals surface area contributed by atoms with Gasteiger partial charge in [0.1, 0.15) is 9.39 Å². The van der Waals surface area contributed by atoms with E-state index in [0.717, 1.165) is 18.1 Å². The largest absolute Gasteiger partial charge is 0.287 e. The Kier molecular flexibility index (Phi) is 3.20. The van der Waals surface area contributed by atoms with Crippen LogP contribution in [0, 0.1) is 10.6 Å². The number of aromatic amines is 1. The molecule has 2 rings (SSSR count). The van der Waals surface area contributed by atoms with Crippen molar-refractivity contribution in [2.75, 3.05) is 0 Å². The Balaban J connectivity index is 2.59. The molecule has 5 heteroatoms. The summed E-state index contributed by atoms with van der Waals surface area (Å²) in [6, 6.07) is 7.46. The van der Waals surface area contributed by atoms with Crippen molar-refractivity contribution in [2.24, 2.45) is 0 Å². The molecule has 0 aliphatic rings. The van der Waals surface area contributed by atoms with Crippen LogP contribution < -0.4 is 0 Å². The van der Waals surface area contributed by atoms with Crippen molar-refractivity contribution < 1.29 is 8.78 Å². The van der Waals surface area contributed by atoms with Crippen LogP contribution in [0.2, 0.25) is 0 Å². The topological polar surface area (TPSA) is 28.7 Å². The van der Waals surface area contributed by atoms with E-state index in [1.165, 1.54) is 0 Å². The molecule has 0 radical (unpaired) electrons. The summed E-state index contributed by atoms with van der Waals surface area (Å²) in [5, 5.41) is 6.28. The van der Waals surface area contributed by atoms with Gasteiger partial charge in [0.05, 0.1) is 0 Å². The van der Waals surface area contributed by atoms with E-state index in [9.17, 15) is 8.78 Å². The summed E-state index contributed by atoms with van der Waals surface area (Å²) in [6.07, 6.45) is 0. The fourth-order valence-corrected chi connectivity index (χ4v) is 2.32. The van der Waals surface area contributed by atoms with Crippen LogP contribution in [0.15, 0.2) is 24.3 Å². The van der Waals surface area contributed by atoms with Crippen molar-refractivity contribution in [3.63, 3.8) is 0 Å². The number of hydrogen-bond acceptors (Lipinski definition) is 1. The van der Waals surface area contributed by atoms with E-state index in [1.54, 1.807) is 0 Å². The fourth-order valence-electron chi connectivity index (χ4n) is 1.62. The summed E-state index contributed by atoms with van der Waals surface area (Å²) >= 11 is 1.96. The maximum absolute atomic E-state index is 13.4. The van der Waals surface area contributed by atoms with Gasteiger partial charge in [-0.25, -0.2) is 0 Å². The Bertz CT molecular complexity index is 526. The minimum atomic E-state index is -2.92. The number of H-pyrrole nitrogens is 1. The molecule has 0 spiro atoms. The first-order chi connectivity index (χ1) is 7.89. The number of benzene rings is 1. The van der Waals surface area contributed by atoms with Crippen LogP contribution in [-0.2, 0) is 5.92 Å². The molecule has 2 nitrogen and oxygen atoms in total. The zero-order valence-corrected chi connectivity index (χ0v) is 11.5. The van der Waals surface area contributed by atoms with Gasteiger partial charge in [0.2, 0.25) is 0 Å². The van der Waals surface area contributed by atoms with Crippen LogP contribution >= 0.6 is 22.6 Å². The van der Waals surface area contributed by atoms with Gasteiger partial charge in [-0.3, -0.25) is 5.10 Å². The number of alkyl halides is 2. The summed E-state index contributed by atoms with van der Waals surface area (Å²) in [5.41, 5.74) is 2.20. The highest BCUT2D eigenvalue weighted by atomic mass is 127. The lowest BCUT2D eigenvalue weighted by Crippen LogP contribution is -2.09. The molecule has 0 aliphatic heterocycles. The number of aromatic nitrogens is 2. The van der Waals surface area contributed by atoms with Gasteiger partial charge in [-0.2, -0.15) is 13.9 Å². The molecule has 0 saturated heterocycles. The lowest BCUT2D eigenvalue weighted by Gasteiger charge is -2.11. The lowest BCUT2D eigenvalue weighted by atomic mass is 10.0. The number of aryl methyl sites for hydroxylation is 1. The van der Waals surface area contributed by atoms with Crippen molar-refractivity contribution >= 4 is 22.6 Å². The van der Waals surface area contributed by atoms with Gasteiger partial charge in [0.15, 0.2) is 0 Å². The van der Waals surface area contributed by atoms with Crippen LogP contribution in [0.25, 0.3) is 11.1 Å². The molecule has 0 fully saturated rings. The van der Waals surface area contributed by atoms with Crippen molar-refractivity contribution in [2.45, 2.75) is 19.8 Å². The second-order valence-corrected chi connectivity index (χ2v) is 5.04. The Hall–Kier alpha value is -0.980. The fraction of sp³-hybridized carbons (Fsp3) is 0.250. The molecule has 90 valence electrons. The zero-order valence-electron chi connectivity index (χ0n) is 9.39. The van der Waals surface area contributed by atoms with Gasteiger partial charge in [0, 0.05) is 12.5 Å². The zero-order chi connectivity index (χ0) is 12.6. The van der Waals surface area contributed by atoms with E-state index in [1.807, 2.05) is 53.8 Å². The molecule has 0 atom stereocenters. The van der Waals surface area contributed by atoms with Gasteiger partial charge in [-0.15, -0.1) is 0 Å². The molecule has 0 bridgehead atoms. The second-order valence-electron chi connectivity index (χ2n) is 4.02. The molecule has 1 aromatic heterocycles. The number of nitrogens with one attached hydrogen (secondary N) is 1. The van der Waals surface area contributed by atoms with E-state index < -0.39 is 5.92 Å². The lowest BCUT2D eigenvalue weighted by molar-refractivity contribution is 0.0133. The number of hydrogen-bond donors (Lipinski definition) is 1. The molecule has 1 heterocycles. The highest BCUT2D eigenvalue weighted by molar-refractivity contribution is 14.1. The first-order valence-corrected chi connectivity index (χ1v) is 6.16. The van der Waals surface area contributed by atoms with Crippen LogP contribution in [-0.4, -0.2) is 10.2 Å². The minimum Gasteiger partial charge on any atom is -0.275 e. The normalized spacial score (nSPS) is 11.8. The SMILES string of the molecule is Cc1ccc(-c2c(I)n[nH]c2C(C)(F)F)cc1. The summed E-state index contributed by atoms with van der Waals surface area (Å²) in [4.78, 5) is 0. The summed E-state index contributed by atoms with van der Waals surface area (Å²) in [6.45, 7) is 2.83. The van der Waals surface area contributed by atoms with E-state index in [4.69, 9.17) is 0 Å². The molecule has 0 saturated carbocycles. The standard InChI is InChI=1S/C12H11F2IN2/c1-7-3-5-8(6-4-7)9-10(12(2,13)14)16-17-11(9)15/h3-6H,1-2H3,(H,16,17). The van der Waals surface area contributed by atoms with E-state index >= 15 is 0 Å². The molecule has 0 amide bonds. The predicted molar refractivity (Wildman–Crippen MR) is 71.0 cm³/mol. The first-order valence-electron chi connectivity index (χ1n) is 5.09. The van der Waals surface area contributed by atoms with Crippen LogP contribution in [0.1, 0.15) is 18.2 Å². The second kappa shape index (κ2) is 4.36. The number of rotatable bonds is 2. The summed E-state index contributed by atoms with van der Waals surface area (Å²) in [7, 11) is 0. The molecular weight excluding hydrogens is 337 g/mol. The third kappa shape index (κ3) is 2.48. The third-order valence-electron chi connectivity index (χ3n) is 2.50. The Morgan fingerprint density at radius 3 is 2.35 bits per heavy atom. The Morgan fingerprint density at radius 2 is 1.82 bits per heavy atom. The molecule has 2 aromatic rings. The minimum absolute atomic E-state index is 0.134. The first kappa shape index (κ1) is 12.5. The van der Waals surface area contributed by atoms with Gasteiger partial charge >= 0.3 is 0 Å². The Labute approximate surface area is 112 Å². The molecular formula is C12H11F2IN2. The van der Waals surface area contributed by atoms with E-state index in [0.29, 0.717) is 9.26 Å². The molecule has 0 unspecified atom stereocenters. The van der Waals surface area contributed by atoms with Crippen LogP contribution in [0.4, 0.5) is 8.78 Å². The summed E-state index contributed by atoms with van der Waals surface area (Å²) < 4.78 is 27.4. The monoisotopic (exact) mass is 348 g/mol. The van der Waals surface area contributed by atoms with Crippen molar-refractivity contribution in [3.8, 4) is 11.1 Å². The van der Waals surface area contributed by atoms with E-state index in [-0.39, 0.29) is 5.69 Å². The molecule has 1 N–H and O–H groups in total. The predicted octanol–water partition coefficient (Wildman–Crippen LogP) is 4.10. The smallest absolute Gasteiger partial charge is 0.275 e. The third-order valence-corrected chi connectivity index (χ3v) is 3.28. The molecule has 17 heavy (non-hydrogen) atoms. The average Bonchev–Trinajstić information content (AvgIpc) is 2.61. The maximum Gasteiger partial charge on any atom is 0.287 e. The van der Waals surface area contributed by atoms with Gasteiger partial charge < -0.3 is 0 Å². The van der Waals surface area contributed by atoms with Crippen molar-refractivity contribution in [3.05, 3.63) is 39.2 Å². The quantitative estimate of drug-likeness (QED) is 0.814. The van der Waals surface area contributed by atoms with Crippen LogP contribution in [0.3, 0.4) is 0 Å². The van der Waals surface area contributed by atoms with Crippen LogP contribution in [0.5, 0.6) is 0 Å². The number of nitrogens with zero attached hydrogens (tertiary/aromatic N) is 1. The van der Waals surface area contributed by atoms with Crippen molar-refractivity contribution in [1.82, 2.24) is 10.2 Å². The van der Waals surface area contributed by atoms with Gasteiger partial charge in [0.25, 0.3) is 5.92 Å². The molecule has 1 aromatic carbocycles. The maximum atomic E-state index is 13.4. The number of halogens is 3. The Morgan fingerprint density at radius 1 is 1.24 bits per heavy atom. The summed E-state index contributed by atoms with van der Waals surface area (Å²) in [5.74, 6) is -2.92. The highest BCUT2D eigenvalue weighted by Gasteiger charge is 2.31.